The zero-order chi connectivity index (χ0) is 16.7. The molecule has 1 heterocycles. The van der Waals surface area contributed by atoms with Crippen LogP contribution in [0.25, 0.3) is 0 Å². The summed E-state index contributed by atoms with van der Waals surface area (Å²) in [6.07, 6.45) is 1.34. The lowest BCUT2D eigenvalue weighted by Crippen LogP contribution is -2.48. The van der Waals surface area contributed by atoms with Crippen LogP contribution in [0.5, 0.6) is 0 Å². The zero-order valence-corrected chi connectivity index (χ0v) is 13.5. The Balaban J connectivity index is 2.02. The first-order valence-corrected chi connectivity index (χ1v) is 7.78. The van der Waals surface area contributed by atoms with E-state index < -0.39 is 0 Å². The second kappa shape index (κ2) is 8.33. The lowest BCUT2D eigenvalue weighted by atomic mass is 10.2. The second-order valence-electron chi connectivity index (χ2n) is 5.22. The van der Waals surface area contributed by atoms with Gasteiger partial charge in [0.1, 0.15) is 6.61 Å². The molecule has 0 unspecified atom stereocenters. The minimum Gasteiger partial charge on any atom is -0.372 e. The van der Waals surface area contributed by atoms with Crippen LogP contribution in [-0.2, 0) is 14.3 Å². The first-order chi connectivity index (χ1) is 11.2. The minimum atomic E-state index is -0.167. The number of carbonyl (C=O) groups excluding carboxylic acids is 2. The van der Waals surface area contributed by atoms with E-state index in [1.807, 2.05) is 31.2 Å². The largest absolute Gasteiger partial charge is 0.372 e. The normalized spacial score (nSPS) is 14.5. The molecule has 1 fully saturated rings. The van der Waals surface area contributed by atoms with Crippen molar-refractivity contribution in [3.8, 4) is 0 Å². The number of piperazine rings is 1. The summed E-state index contributed by atoms with van der Waals surface area (Å²) < 4.78 is 5.13. The molecule has 23 heavy (non-hydrogen) atoms. The van der Waals surface area contributed by atoms with Gasteiger partial charge in [-0.05, 0) is 25.1 Å². The molecule has 6 nitrogen and oxygen atoms in total. The Bertz CT molecular complexity index is 566. The van der Waals surface area contributed by atoms with Crippen LogP contribution in [0.1, 0.15) is 6.92 Å². The van der Waals surface area contributed by atoms with E-state index in [0.717, 1.165) is 24.5 Å². The number of nitrogens with one attached hydrogen (secondary N) is 1. The number of hydrogen-bond donors (Lipinski definition) is 1. The number of carbonyl (C=O) groups is 2. The van der Waals surface area contributed by atoms with E-state index in [2.05, 4.69) is 16.8 Å². The first kappa shape index (κ1) is 17.0. The molecule has 1 aliphatic heterocycles. The van der Waals surface area contributed by atoms with E-state index in [1.54, 1.807) is 4.90 Å². The van der Waals surface area contributed by atoms with E-state index in [9.17, 15) is 9.59 Å². The molecule has 2 rings (SSSR count). The molecule has 0 aliphatic carbocycles. The van der Waals surface area contributed by atoms with Crippen molar-refractivity contribution in [3.63, 3.8) is 0 Å². The molecule has 0 bridgehead atoms. The average Bonchev–Trinajstić information content (AvgIpc) is 2.60. The van der Waals surface area contributed by atoms with Gasteiger partial charge in [0, 0.05) is 32.8 Å². The number of rotatable bonds is 6. The summed E-state index contributed by atoms with van der Waals surface area (Å²) in [6, 6.07) is 7.67. The molecule has 0 aromatic heterocycles. The highest BCUT2D eigenvalue weighted by Gasteiger charge is 2.21. The summed E-state index contributed by atoms with van der Waals surface area (Å²) in [6.45, 7) is 8.66. The van der Waals surface area contributed by atoms with E-state index in [1.165, 1.54) is 6.08 Å². The molecule has 1 aromatic rings. The standard InChI is InChI=1S/C17H23N3O3/c1-3-17(22)20-11-9-19(10-12-20)15-8-6-5-7-14(15)18-16(21)13-23-4-2/h3,5-8H,1,4,9-13H2,2H3,(H,18,21). The number of benzene rings is 1. The lowest BCUT2D eigenvalue weighted by Gasteiger charge is -2.36. The Morgan fingerprint density at radius 3 is 2.61 bits per heavy atom. The zero-order valence-electron chi connectivity index (χ0n) is 13.5. The van der Waals surface area contributed by atoms with Gasteiger partial charge >= 0.3 is 0 Å². The van der Waals surface area contributed by atoms with Crippen LogP contribution in [-0.4, -0.2) is 56.1 Å². The fourth-order valence-corrected chi connectivity index (χ4v) is 2.53. The maximum absolute atomic E-state index is 11.9. The van der Waals surface area contributed by atoms with Gasteiger partial charge in [-0.25, -0.2) is 0 Å². The van der Waals surface area contributed by atoms with E-state index in [-0.39, 0.29) is 18.4 Å². The van der Waals surface area contributed by atoms with Crippen LogP contribution in [0, 0.1) is 0 Å². The molecule has 1 saturated heterocycles. The van der Waals surface area contributed by atoms with Crippen LogP contribution in [0.3, 0.4) is 0 Å². The summed E-state index contributed by atoms with van der Waals surface area (Å²) in [4.78, 5) is 27.5. The maximum atomic E-state index is 11.9. The van der Waals surface area contributed by atoms with Crippen LogP contribution in [0.2, 0.25) is 0 Å². The van der Waals surface area contributed by atoms with Gasteiger partial charge in [0.15, 0.2) is 0 Å². The van der Waals surface area contributed by atoms with Gasteiger partial charge in [-0.2, -0.15) is 0 Å². The highest BCUT2D eigenvalue weighted by molar-refractivity contribution is 5.95. The Morgan fingerprint density at radius 1 is 1.26 bits per heavy atom. The summed E-state index contributed by atoms with van der Waals surface area (Å²) in [5.41, 5.74) is 1.73. The SMILES string of the molecule is C=CC(=O)N1CCN(c2ccccc2NC(=O)COCC)CC1. The van der Waals surface area contributed by atoms with E-state index >= 15 is 0 Å². The van der Waals surface area contributed by atoms with Crippen LogP contribution < -0.4 is 10.2 Å². The lowest BCUT2D eigenvalue weighted by molar-refractivity contribution is -0.126. The molecule has 0 radical (unpaired) electrons. The first-order valence-electron chi connectivity index (χ1n) is 7.78. The molecule has 0 atom stereocenters. The predicted molar refractivity (Wildman–Crippen MR) is 90.6 cm³/mol. The molecule has 0 spiro atoms. The maximum Gasteiger partial charge on any atom is 0.250 e. The van der Waals surface area contributed by atoms with Gasteiger partial charge in [-0.3, -0.25) is 9.59 Å². The van der Waals surface area contributed by atoms with Crippen molar-refractivity contribution in [3.05, 3.63) is 36.9 Å². The number of nitrogens with zero attached hydrogens (tertiary/aromatic N) is 2. The quantitative estimate of drug-likeness (QED) is 0.808. The Labute approximate surface area is 136 Å². The number of amides is 2. The molecule has 1 N–H and O–H groups in total. The van der Waals surface area contributed by atoms with Crippen molar-refractivity contribution < 1.29 is 14.3 Å². The molecule has 124 valence electrons. The van der Waals surface area contributed by atoms with Crippen LogP contribution >= 0.6 is 0 Å². The summed E-state index contributed by atoms with van der Waals surface area (Å²) in [7, 11) is 0. The van der Waals surface area contributed by atoms with Crippen molar-refractivity contribution in [1.82, 2.24) is 4.90 Å². The fraction of sp³-hybridized carbons (Fsp3) is 0.412. The number of hydrogen-bond acceptors (Lipinski definition) is 4. The Kier molecular flexibility index (Phi) is 6.17. The highest BCUT2D eigenvalue weighted by atomic mass is 16.5. The third kappa shape index (κ3) is 4.56. The van der Waals surface area contributed by atoms with Gasteiger partial charge < -0.3 is 19.9 Å². The Morgan fingerprint density at radius 2 is 1.96 bits per heavy atom. The van der Waals surface area contributed by atoms with Crippen molar-refractivity contribution in [2.75, 3.05) is 49.6 Å². The summed E-state index contributed by atoms with van der Waals surface area (Å²) >= 11 is 0. The van der Waals surface area contributed by atoms with Crippen LogP contribution in [0.15, 0.2) is 36.9 Å². The van der Waals surface area contributed by atoms with Gasteiger partial charge in [-0.1, -0.05) is 18.7 Å². The average molecular weight is 317 g/mol. The second-order valence-corrected chi connectivity index (χ2v) is 5.22. The third-order valence-electron chi connectivity index (χ3n) is 3.72. The van der Waals surface area contributed by atoms with Gasteiger partial charge in [0.25, 0.3) is 0 Å². The van der Waals surface area contributed by atoms with E-state index in [0.29, 0.717) is 19.7 Å². The summed E-state index contributed by atoms with van der Waals surface area (Å²) in [5.74, 6) is -0.206. The molecule has 2 amide bonds. The van der Waals surface area contributed by atoms with Crippen molar-refractivity contribution in [1.29, 1.82) is 0 Å². The highest BCUT2D eigenvalue weighted by Crippen LogP contribution is 2.26. The van der Waals surface area contributed by atoms with Gasteiger partial charge in [0.2, 0.25) is 11.8 Å². The summed E-state index contributed by atoms with van der Waals surface area (Å²) in [5, 5.41) is 2.89. The number of ether oxygens (including phenoxy) is 1. The van der Waals surface area contributed by atoms with Gasteiger partial charge in [0.05, 0.1) is 11.4 Å². The topological polar surface area (TPSA) is 61.9 Å². The molecule has 0 saturated carbocycles. The monoisotopic (exact) mass is 317 g/mol. The van der Waals surface area contributed by atoms with Crippen LogP contribution in [0.4, 0.5) is 11.4 Å². The predicted octanol–water partition coefficient (Wildman–Crippen LogP) is 1.50. The number of anilines is 2. The Hall–Kier alpha value is -2.34. The fourth-order valence-electron chi connectivity index (χ4n) is 2.53. The van der Waals surface area contributed by atoms with Gasteiger partial charge in [-0.15, -0.1) is 0 Å². The molecular weight excluding hydrogens is 294 g/mol. The molecule has 6 heteroatoms. The van der Waals surface area contributed by atoms with E-state index in [4.69, 9.17) is 4.74 Å². The molecular formula is C17H23N3O3. The third-order valence-corrected chi connectivity index (χ3v) is 3.72. The molecule has 1 aliphatic rings. The number of para-hydroxylation sites is 2. The minimum absolute atomic E-state index is 0.0389. The smallest absolute Gasteiger partial charge is 0.250 e. The van der Waals surface area contributed by atoms with Crippen molar-refractivity contribution in [2.24, 2.45) is 0 Å². The van der Waals surface area contributed by atoms with Crippen molar-refractivity contribution in [2.45, 2.75) is 6.92 Å². The van der Waals surface area contributed by atoms with Crippen molar-refractivity contribution >= 4 is 23.2 Å². The molecule has 1 aromatic carbocycles.